The van der Waals surface area contributed by atoms with Gasteiger partial charge < -0.3 is 8.85 Å². The third-order valence-electron chi connectivity index (χ3n) is 2.60. The fourth-order valence-electron chi connectivity index (χ4n) is 1.78. The van der Waals surface area contributed by atoms with Crippen molar-refractivity contribution in [2.24, 2.45) is 0 Å². The molecular weight excluding hydrogens is 216 g/mol. The van der Waals surface area contributed by atoms with E-state index < -0.39 is 8.56 Å². The third kappa shape index (κ3) is 9.37. The summed E-state index contributed by atoms with van der Waals surface area (Å²) < 4.78 is 11.8. The van der Waals surface area contributed by atoms with Gasteiger partial charge in [0.25, 0.3) is 0 Å². The van der Waals surface area contributed by atoms with Gasteiger partial charge in [-0.2, -0.15) is 0 Å². The first-order chi connectivity index (χ1) is 7.52. The maximum atomic E-state index is 6.04. The van der Waals surface area contributed by atoms with Crippen molar-refractivity contribution in [1.82, 2.24) is 0 Å². The average molecular weight is 246 g/mol. The summed E-state index contributed by atoms with van der Waals surface area (Å²) in [5, 5.41) is 0. The van der Waals surface area contributed by atoms with E-state index in [9.17, 15) is 0 Å². The Kier molecular flexibility index (Phi) is 9.28. The molecule has 0 aromatic heterocycles. The van der Waals surface area contributed by atoms with Crippen LogP contribution in [-0.2, 0) is 8.85 Å². The van der Waals surface area contributed by atoms with Gasteiger partial charge >= 0.3 is 8.56 Å². The summed E-state index contributed by atoms with van der Waals surface area (Å²) in [5.74, 6) is 0. The first-order valence-electron chi connectivity index (χ1n) is 6.83. The molecule has 1 unspecified atom stereocenters. The Morgan fingerprint density at radius 3 is 2.25 bits per heavy atom. The highest BCUT2D eigenvalue weighted by molar-refractivity contribution is 6.64. The van der Waals surface area contributed by atoms with E-state index >= 15 is 0 Å². The van der Waals surface area contributed by atoms with Crippen LogP contribution in [0.2, 0.25) is 13.1 Å². The van der Waals surface area contributed by atoms with Crippen molar-refractivity contribution in [3.8, 4) is 0 Å². The lowest BCUT2D eigenvalue weighted by atomic mass is 10.1. The topological polar surface area (TPSA) is 18.5 Å². The molecule has 0 aliphatic carbocycles. The van der Waals surface area contributed by atoms with Gasteiger partial charge in [0.05, 0.1) is 0 Å². The zero-order chi connectivity index (χ0) is 12.4. The van der Waals surface area contributed by atoms with Gasteiger partial charge in [-0.05, 0) is 32.9 Å². The van der Waals surface area contributed by atoms with Crippen LogP contribution in [-0.4, -0.2) is 21.3 Å². The molecule has 0 amide bonds. The third-order valence-corrected chi connectivity index (χ3v) is 4.47. The van der Waals surface area contributed by atoms with Crippen LogP contribution < -0.4 is 0 Å². The minimum Gasteiger partial charge on any atom is -0.395 e. The van der Waals surface area contributed by atoms with Crippen molar-refractivity contribution in [3.63, 3.8) is 0 Å². The zero-order valence-electron chi connectivity index (χ0n) is 11.8. The second-order valence-electron chi connectivity index (χ2n) is 5.03. The van der Waals surface area contributed by atoms with E-state index in [4.69, 9.17) is 8.85 Å². The Balaban J connectivity index is 3.63. The SMILES string of the molecule is CCCCCCC(C)O[Si](C)(C)OCCC. The molecule has 2 nitrogen and oxygen atoms in total. The van der Waals surface area contributed by atoms with Crippen LogP contribution in [0.4, 0.5) is 0 Å². The zero-order valence-corrected chi connectivity index (χ0v) is 12.8. The monoisotopic (exact) mass is 246 g/mol. The molecule has 0 N–H and O–H groups in total. The summed E-state index contributed by atoms with van der Waals surface area (Å²) in [6.45, 7) is 11.7. The summed E-state index contributed by atoms with van der Waals surface area (Å²) in [4.78, 5) is 0. The van der Waals surface area contributed by atoms with Crippen LogP contribution in [0.1, 0.15) is 59.3 Å². The first kappa shape index (κ1) is 16.1. The lowest BCUT2D eigenvalue weighted by Crippen LogP contribution is -2.38. The predicted molar refractivity (Wildman–Crippen MR) is 73.0 cm³/mol. The summed E-state index contributed by atoms with van der Waals surface area (Å²) >= 11 is 0. The van der Waals surface area contributed by atoms with Crippen molar-refractivity contribution in [3.05, 3.63) is 0 Å². The standard InChI is InChI=1S/C13H30O2Si/c1-6-8-9-10-11-13(3)15-16(4,5)14-12-7-2/h13H,6-12H2,1-5H3. The summed E-state index contributed by atoms with van der Waals surface area (Å²) in [6, 6.07) is 0. The average Bonchev–Trinajstić information content (AvgIpc) is 2.21. The first-order valence-corrected chi connectivity index (χ1v) is 9.65. The number of hydrogen-bond donors (Lipinski definition) is 0. The van der Waals surface area contributed by atoms with Crippen LogP contribution in [0.25, 0.3) is 0 Å². The van der Waals surface area contributed by atoms with Gasteiger partial charge in [0.2, 0.25) is 0 Å². The van der Waals surface area contributed by atoms with Crippen LogP contribution in [0.3, 0.4) is 0 Å². The minimum atomic E-state index is -1.86. The molecule has 0 aliphatic rings. The van der Waals surface area contributed by atoms with Crippen LogP contribution in [0.15, 0.2) is 0 Å². The van der Waals surface area contributed by atoms with Crippen LogP contribution in [0.5, 0.6) is 0 Å². The van der Waals surface area contributed by atoms with Gasteiger partial charge in [-0.3, -0.25) is 0 Å². The minimum absolute atomic E-state index is 0.357. The van der Waals surface area contributed by atoms with Gasteiger partial charge in [0.1, 0.15) is 0 Å². The highest BCUT2D eigenvalue weighted by Gasteiger charge is 2.26. The van der Waals surface area contributed by atoms with Crippen molar-refractivity contribution >= 4 is 8.56 Å². The van der Waals surface area contributed by atoms with Crippen LogP contribution >= 0.6 is 0 Å². The van der Waals surface area contributed by atoms with Gasteiger partial charge in [-0.1, -0.05) is 39.5 Å². The molecule has 0 saturated carbocycles. The van der Waals surface area contributed by atoms with Gasteiger partial charge in [-0.15, -0.1) is 0 Å². The highest BCUT2D eigenvalue weighted by atomic mass is 28.4. The molecule has 0 aromatic carbocycles. The Labute approximate surface area is 103 Å². The van der Waals surface area contributed by atoms with Gasteiger partial charge in [-0.25, -0.2) is 0 Å². The maximum absolute atomic E-state index is 6.04. The fourth-order valence-corrected chi connectivity index (χ4v) is 3.63. The van der Waals surface area contributed by atoms with Crippen molar-refractivity contribution in [2.45, 2.75) is 78.5 Å². The van der Waals surface area contributed by atoms with Crippen LogP contribution in [0, 0.1) is 0 Å². The molecule has 98 valence electrons. The normalized spacial score (nSPS) is 14.1. The summed E-state index contributed by atoms with van der Waals surface area (Å²) in [5.41, 5.74) is 0. The number of rotatable bonds is 10. The molecule has 0 bridgehead atoms. The molecule has 0 aromatic rings. The number of hydrogen-bond acceptors (Lipinski definition) is 2. The molecule has 0 heterocycles. The van der Waals surface area contributed by atoms with Crippen molar-refractivity contribution in [2.75, 3.05) is 6.61 Å². The van der Waals surface area contributed by atoms with E-state index in [1.165, 1.54) is 32.1 Å². The summed E-state index contributed by atoms with van der Waals surface area (Å²) in [6.07, 6.45) is 7.87. The smallest absolute Gasteiger partial charge is 0.331 e. The van der Waals surface area contributed by atoms with E-state index in [1.54, 1.807) is 0 Å². The second-order valence-corrected chi connectivity index (χ2v) is 8.35. The quantitative estimate of drug-likeness (QED) is 0.418. The molecule has 0 rings (SSSR count). The van der Waals surface area contributed by atoms with E-state index in [-0.39, 0.29) is 0 Å². The van der Waals surface area contributed by atoms with Gasteiger partial charge in [0, 0.05) is 12.7 Å². The number of unbranched alkanes of at least 4 members (excludes halogenated alkanes) is 3. The Morgan fingerprint density at radius 1 is 1.00 bits per heavy atom. The second kappa shape index (κ2) is 9.20. The molecule has 0 spiro atoms. The fraction of sp³-hybridized carbons (Fsp3) is 1.00. The lowest BCUT2D eigenvalue weighted by Gasteiger charge is -2.26. The lowest BCUT2D eigenvalue weighted by molar-refractivity contribution is 0.124. The predicted octanol–water partition coefficient (Wildman–Crippen LogP) is 4.49. The van der Waals surface area contributed by atoms with E-state index in [0.717, 1.165) is 13.0 Å². The van der Waals surface area contributed by atoms with E-state index in [1.807, 2.05) is 0 Å². The van der Waals surface area contributed by atoms with Crippen molar-refractivity contribution in [1.29, 1.82) is 0 Å². The maximum Gasteiger partial charge on any atom is 0.331 e. The molecule has 0 saturated heterocycles. The van der Waals surface area contributed by atoms with Crippen molar-refractivity contribution < 1.29 is 8.85 Å². The molecule has 16 heavy (non-hydrogen) atoms. The Morgan fingerprint density at radius 2 is 1.69 bits per heavy atom. The molecule has 3 heteroatoms. The molecular formula is C13H30O2Si. The highest BCUT2D eigenvalue weighted by Crippen LogP contribution is 2.15. The largest absolute Gasteiger partial charge is 0.395 e. The van der Waals surface area contributed by atoms with E-state index in [2.05, 4.69) is 33.9 Å². The molecule has 0 radical (unpaired) electrons. The molecule has 0 aliphatic heterocycles. The summed E-state index contributed by atoms with van der Waals surface area (Å²) in [7, 11) is -1.86. The van der Waals surface area contributed by atoms with Gasteiger partial charge in [0.15, 0.2) is 0 Å². The molecule has 0 fully saturated rings. The Hall–Kier alpha value is 0.137. The Bertz CT molecular complexity index is 160. The molecule has 1 atom stereocenters. The van der Waals surface area contributed by atoms with E-state index in [0.29, 0.717) is 6.10 Å².